The number of hydrogen-bond acceptors (Lipinski definition) is 3. The highest BCUT2D eigenvalue weighted by Crippen LogP contribution is 2.47. The summed E-state index contributed by atoms with van der Waals surface area (Å²) in [7, 11) is 0. The Bertz CT molecular complexity index is 606. The van der Waals surface area contributed by atoms with Gasteiger partial charge in [0.2, 0.25) is 5.91 Å². The van der Waals surface area contributed by atoms with Crippen molar-refractivity contribution in [1.29, 1.82) is 0 Å². The van der Waals surface area contributed by atoms with Crippen LogP contribution in [0.5, 0.6) is 0 Å². The smallest absolute Gasteiger partial charge is 0.244 e. The van der Waals surface area contributed by atoms with E-state index in [1.807, 2.05) is 17.0 Å². The molecule has 3 aliphatic rings. The van der Waals surface area contributed by atoms with Gasteiger partial charge in [0.1, 0.15) is 0 Å². The van der Waals surface area contributed by atoms with Gasteiger partial charge in [-0.1, -0.05) is 18.0 Å². The van der Waals surface area contributed by atoms with E-state index in [2.05, 4.69) is 16.7 Å². The maximum absolute atomic E-state index is 13.1. The number of amides is 1. The molecular weight excluding hydrogens is 310 g/mol. The molecule has 4 rings (SSSR count). The van der Waals surface area contributed by atoms with Gasteiger partial charge in [-0.15, -0.1) is 0 Å². The lowest BCUT2D eigenvalue weighted by atomic mass is 9.75. The first-order valence-electron chi connectivity index (χ1n) is 8.75. The van der Waals surface area contributed by atoms with Crippen LogP contribution < -0.4 is 15.5 Å². The number of hydrogen-bond donors (Lipinski definition) is 2. The van der Waals surface area contributed by atoms with Crippen LogP contribution in [0.1, 0.15) is 37.7 Å². The molecule has 0 saturated carbocycles. The number of carbonyl (C=O) groups is 1. The minimum absolute atomic E-state index is 0.0239. The molecule has 1 aromatic rings. The SMILES string of the molecule is O=C([C@@H]1CCCCN1)N1CC2(CCNCC2)c2cc(Cl)ccc21. The number of halogens is 1. The number of piperidine rings is 2. The van der Waals surface area contributed by atoms with Crippen molar-refractivity contribution < 1.29 is 4.79 Å². The van der Waals surface area contributed by atoms with Crippen molar-refractivity contribution in [2.75, 3.05) is 31.1 Å². The van der Waals surface area contributed by atoms with Crippen molar-refractivity contribution in [3.63, 3.8) is 0 Å². The van der Waals surface area contributed by atoms with Crippen LogP contribution in [-0.4, -0.2) is 38.1 Å². The summed E-state index contributed by atoms with van der Waals surface area (Å²) in [6, 6.07) is 6.01. The Morgan fingerprint density at radius 2 is 2.04 bits per heavy atom. The summed E-state index contributed by atoms with van der Waals surface area (Å²) in [4.78, 5) is 15.1. The van der Waals surface area contributed by atoms with Crippen LogP contribution in [0.4, 0.5) is 5.69 Å². The third-order valence-electron chi connectivity index (χ3n) is 5.72. The van der Waals surface area contributed by atoms with E-state index >= 15 is 0 Å². The molecular formula is C18H24ClN3O. The van der Waals surface area contributed by atoms with E-state index in [4.69, 9.17) is 11.6 Å². The molecule has 4 nitrogen and oxygen atoms in total. The molecule has 0 aromatic heterocycles. The van der Waals surface area contributed by atoms with Crippen LogP contribution in [0, 0.1) is 0 Å². The van der Waals surface area contributed by atoms with E-state index in [0.717, 1.165) is 62.6 Å². The van der Waals surface area contributed by atoms with E-state index in [1.165, 1.54) is 12.0 Å². The molecule has 5 heteroatoms. The van der Waals surface area contributed by atoms with Crippen molar-refractivity contribution in [2.24, 2.45) is 0 Å². The zero-order chi connectivity index (χ0) is 15.9. The molecule has 1 atom stereocenters. The van der Waals surface area contributed by atoms with Gasteiger partial charge in [0, 0.05) is 22.7 Å². The summed E-state index contributed by atoms with van der Waals surface area (Å²) in [5.74, 6) is 0.240. The number of benzene rings is 1. The van der Waals surface area contributed by atoms with Gasteiger partial charge < -0.3 is 15.5 Å². The first-order chi connectivity index (χ1) is 11.2. The van der Waals surface area contributed by atoms with E-state index in [-0.39, 0.29) is 17.4 Å². The Labute approximate surface area is 142 Å². The summed E-state index contributed by atoms with van der Waals surface area (Å²) in [5.41, 5.74) is 2.43. The van der Waals surface area contributed by atoms with E-state index < -0.39 is 0 Å². The molecule has 2 fully saturated rings. The lowest BCUT2D eigenvalue weighted by molar-refractivity contribution is -0.121. The second-order valence-corrected chi connectivity index (χ2v) is 7.56. The maximum atomic E-state index is 13.1. The topological polar surface area (TPSA) is 44.4 Å². The number of fused-ring (bicyclic) bond motifs is 2. The van der Waals surface area contributed by atoms with Gasteiger partial charge in [-0.25, -0.2) is 0 Å². The minimum atomic E-state index is -0.0239. The lowest BCUT2D eigenvalue weighted by Gasteiger charge is -2.35. The zero-order valence-corrected chi connectivity index (χ0v) is 14.2. The van der Waals surface area contributed by atoms with Gasteiger partial charge in [0.15, 0.2) is 0 Å². The molecule has 2 N–H and O–H groups in total. The highest BCUT2D eigenvalue weighted by molar-refractivity contribution is 6.30. The van der Waals surface area contributed by atoms with Crippen LogP contribution in [0.3, 0.4) is 0 Å². The summed E-state index contributed by atoms with van der Waals surface area (Å²) in [6.07, 6.45) is 5.41. The average Bonchev–Trinajstić information content (AvgIpc) is 2.89. The fourth-order valence-corrected chi connectivity index (χ4v) is 4.59. The molecule has 1 spiro atoms. The minimum Gasteiger partial charge on any atom is -0.317 e. The van der Waals surface area contributed by atoms with Crippen molar-refractivity contribution in [1.82, 2.24) is 10.6 Å². The van der Waals surface area contributed by atoms with Gasteiger partial charge in [-0.3, -0.25) is 4.79 Å². The fraction of sp³-hybridized carbons (Fsp3) is 0.611. The van der Waals surface area contributed by atoms with Gasteiger partial charge in [0.05, 0.1) is 6.04 Å². The predicted molar refractivity (Wildman–Crippen MR) is 93.2 cm³/mol. The number of rotatable bonds is 1. The van der Waals surface area contributed by atoms with Gasteiger partial charge in [0.25, 0.3) is 0 Å². The number of nitrogens with one attached hydrogen (secondary N) is 2. The van der Waals surface area contributed by atoms with Crippen LogP contribution in [-0.2, 0) is 10.2 Å². The maximum Gasteiger partial charge on any atom is 0.244 e. The molecule has 124 valence electrons. The highest BCUT2D eigenvalue weighted by atomic mass is 35.5. The molecule has 0 radical (unpaired) electrons. The van der Waals surface area contributed by atoms with Crippen LogP contribution in [0.25, 0.3) is 0 Å². The largest absolute Gasteiger partial charge is 0.317 e. The molecule has 0 aliphatic carbocycles. The Hall–Kier alpha value is -1.10. The fourth-order valence-electron chi connectivity index (χ4n) is 4.42. The third-order valence-corrected chi connectivity index (χ3v) is 5.95. The van der Waals surface area contributed by atoms with Crippen molar-refractivity contribution >= 4 is 23.2 Å². The number of anilines is 1. The van der Waals surface area contributed by atoms with Gasteiger partial charge in [-0.2, -0.15) is 0 Å². The van der Waals surface area contributed by atoms with Gasteiger partial charge >= 0.3 is 0 Å². The average molecular weight is 334 g/mol. The normalized spacial score (nSPS) is 26.3. The highest BCUT2D eigenvalue weighted by Gasteiger charge is 2.46. The van der Waals surface area contributed by atoms with Crippen molar-refractivity contribution in [2.45, 2.75) is 43.6 Å². The van der Waals surface area contributed by atoms with Crippen LogP contribution >= 0.6 is 11.6 Å². The number of carbonyl (C=O) groups excluding carboxylic acids is 1. The third kappa shape index (κ3) is 2.67. The van der Waals surface area contributed by atoms with E-state index in [9.17, 15) is 4.79 Å². The first-order valence-corrected chi connectivity index (χ1v) is 9.13. The first kappa shape index (κ1) is 15.4. The second kappa shape index (κ2) is 6.08. The standard InChI is InChI=1S/C18H24ClN3O/c19-13-4-5-16-14(11-13)18(6-9-20-10-7-18)12-22(16)17(23)15-3-1-2-8-21-15/h4-5,11,15,20-21H,1-3,6-10,12H2/t15-/m0/s1. The monoisotopic (exact) mass is 333 g/mol. The molecule has 3 heterocycles. The number of nitrogens with zero attached hydrogens (tertiary/aromatic N) is 1. The quantitative estimate of drug-likeness (QED) is 0.829. The summed E-state index contributed by atoms with van der Waals surface area (Å²) < 4.78 is 0. The predicted octanol–water partition coefficient (Wildman–Crippen LogP) is 2.45. The van der Waals surface area contributed by atoms with E-state index in [1.54, 1.807) is 0 Å². The Balaban J connectivity index is 1.68. The molecule has 3 aliphatic heterocycles. The molecule has 2 saturated heterocycles. The van der Waals surface area contributed by atoms with Crippen LogP contribution in [0.2, 0.25) is 5.02 Å². The molecule has 0 unspecified atom stereocenters. The van der Waals surface area contributed by atoms with Crippen molar-refractivity contribution in [3.8, 4) is 0 Å². The summed E-state index contributed by atoms with van der Waals surface area (Å²) in [5, 5.41) is 7.61. The second-order valence-electron chi connectivity index (χ2n) is 7.12. The Morgan fingerprint density at radius 1 is 1.22 bits per heavy atom. The zero-order valence-electron chi connectivity index (χ0n) is 13.4. The van der Waals surface area contributed by atoms with Crippen molar-refractivity contribution in [3.05, 3.63) is 28.8 Å². The van der Waals surface area contributed by atoms with E-state index in [0.29, 0.717) is 0 Å². The molecule has 1 amide bonds. The lowest BCUT2D eigenvalue weighted by Crippen LogP contribution is -2.51. The molecule has 23 heavy (non-hydrogen) atoms. The molecule has 0 bridgehead atoms. The van der Waals surface area contributed by atoms with Crippen LogP contribution in [0.15, 0.2) is 18.2 Å². The summed E-state index contributed by atoms with van der Waals surface area (Å²) in [6.45, 7) is 3.78. The Morgan fingerprint density at radius 3 is 2.78 bits per heavy atom. The van der Waals surface area contributed by atoms with Gasteiger partial charge in [-0.05, 0) is 69.1 Å². The Kier molecular flexibility index (Phi) is 4.08. The molecule has 1 aromatic carbocycles. The summed E-state index contributed by atoms with van der Waals surface area (Å²) >= 11 is 6.27.